The summed E-state index contributed by atoms with van der Waals surface area (Å²) in [6.45, 7) is 12.5. The maximum Gasteiger partial charge on any atom is 0.113 e. The molecule has 0 N–H and O–H groups in total. The van der Waals surface area contributed by atoms with Crippen LogP contribution in [0.5, 0.6) is 0 Å². The zero-order valence-electron chi connectivity index (χ0n) is 9.69. The number of rotatable bonds is 4. The van der Waals surface area contributed by atoms with Crippen LogP contribution in [-0.4, -0.2) is 23.5 Å². The van der Waals surface area contributed by atoms with Crippen molar-refractivity contribution >= 4 is 0 Å². The molecule has 0 aliphatic heterocycles. The molecule has 0 heterocycles. The molecule has 0 aromatic carbocycles. The quantitative estimate of drug-likeness (QED) is 0.652. The van der Waals surface area contributed by atoms with Crippen molar-refractivity contribution in [3.8, 4) is 0 Å². The van der Waals surface area contributed by atoms with Gasteiger partial charge in [0.2, 0.25) is 0 Å². The van der Waals surface area contributed by atoms with Crippen molar-refractivity contribution in [2.24, 2.45) is 0 Å². The lowest BCUT2D eigenvalue weighted by Gasteiger charge is -2.29. The van der Waals surface area contributed by atoms with Crippen LogP contribution in [0.15, 0.2) is 11.4 Å². The van der Waals surface area contributed by atoms with Gasteiger partial charge in [-0.1, -0.05) is 0 Å². The summed E-state index contributed by atoms with van der Waals surface area (Å²) in [4.78, 5) is 2.14. The van der Waals surface area contributed by atoms with E-state index >= 15 is 0 Å². The molecule has 0 amide bonds. The van der Waals surface area contributed by atoms with Crippen molar-refractivity contribution in [2.75, 3.05) is 6.54 Å². The van der Waals surface area contributed by atoms with E-state index in [1.807, 2.05) is 13.8 Å². The number of nitrogens with zero attached hydrogens (tertiary/aromatic N) is 1. The molecule has 78 valence electrons. The van der Waals surface area contributed by atoms with E-state index in [1.54, 1.807) is 0 Å². The molecule has 0 bridgehead atoms. The fourth-order valence-corrected chi connectivity index (χ4v) is 1.28. The zero-order chi connectivity index (χ0) is 10.6. The van der Waals surface area contributed by atoms with Crippen LogP contribution < -0.4 is 0 Å². The number of halogens is 1. The Labute approximate surface area is 81.6 Å². The second-order valence-electron chi connectivity index (χ2n) is 4.26. The molecule has 0 aliphatic carbocycles. The van der Waals surface area contributed by atoms with E-state index in [0.717, 1.165) is 5.57 Å². The van der Waals surface area contributed by atoms with E-state index in [0.29, 0.717) is 18.6 Å². The number of allylic oxidation sites excluding steroid dienone is 1. The molecule has 0 saturated carbocycles. The maximum atomic E-state index is 13.3. The molecule has 0 atom stereocenters. The summed E-state index contributed by atoms with van der Waals surface area (Å²) in [5.41, 5.74) is 0.784. The van der Waals surface area contributed by atoms with E-state index in [2.05, 4.69) is 32.6 Å². The topological polar surface area (TPSA) is 3.24 Å². The van der Waals surface area contributed by atoms with Gasteiger partial charge in [-0.2, -0.15) is 0 Å². The van der Waals surface area contributed by atoms with Crippen molar-refractivity contribution in [3.05, 3.63) is 11.4 Å². The van der Waals surface area contributed by atoms with Gasteiger partial charge in [0.05, 0.1) is 6.54 Å². The highest BCUT2D eigenvalue weighted by atomic mass is 19.1. The first-order valence-corrected chi connectivity index (χ1v) is 4.93. The van der Waals surface area contributed by atoms with Crippen molar-refractivity contribution < 1.29 is 4.39 Å². The predicted octanol–water partition coefficient (Wildman–Crippen LogP) is 3.37. The lowest BCUT2D eigenvalue weighted by atomic mass is 10.2. The molecule has 0 aromatic heterocycles. The summed E-state index contributed by atoms with van der Waals surface area (Å²) in [6.07, 6.45) is 0. The Morgan fingerprint density at radius 3 is 1.69 bits per heavy atom. The average molecular weight is 187 g/mol. The fraction of sp³-hybridized carbons (Fsp3) is 0.818. The number of hydrogen-bond acceptors (Lipinski definition) is 1. The average Bonchev–Trinajstić information content (AvgIpc) is 1.97. The van der Waals surface area contributed by atoms with Crippen molar-refractivity contribution in [1.82, 2.24) is 4.90 Å². The Balaban J connectivity index is 4.36. The predicted molar refractivity (Wildman–Crippen MR) is 56.5 cm³/mol. The lowest BCUT2D eigenvalue weighted by molar-refractivity contribution is 0.180. The van der Waals surface area contributed by atoms with Crippen LogP contribution in [0.1, 0.15) is 41.5 Å². The first-order chi connectivity index (χ1) is 5.86. The molecule has 1 nitrogen and oxygen atoms in total. The van der Waals surface area contributed by atoms with Crippen LogP contribution in [0.25, 0.3) is 0 Å². The Kier molecular flexibility index (Phi) is 5.23. The molecule has 0 spiro atoms. The van der Waals surface area contributed by atoms with E-state index in [9.17, 15) is 4.39 Å². The van der Waals surface area contributed by atoms with Crippen molar-refractivity contribution in [3.63, 3.8) is 0 Å². The van der Waals surface area contributed by atoms with Gasteiger partial charge >= 0.3 is 0 Å². The Bertz CT molecular complexity index is 171. The molecular formula is C11H22FN. The zero-order valence-corrected chi connectivity index (χ0v) is 9.69. The minimum atomic E-state index is 0.00222. The third-order valence-corrected chi connectivity index (χ3v) is 2.19. The van der Waals surface area contributed by atoms with Crippen LogP contribution in [0.4, 0.5) is 4.39 Å². The summed E-state index contributed by atoms with van der Waals surface area (Å²) >= 11 is 0. The molecule has 0 unspecified atom stereocenters. The van der Waals surface area contributed by atoms with Gasteiger partial charge in [-0.3, -0.25) is 4.90 Å². The largest absolute Gasteiger partial charge is 0.292 e. The highest BCUT2D eigenvalue weighted by Crippen LogP contribution is 2.12. The molecule has 2 heteroatoms. The minimum absolute atomic E-state index is 0.00222. The van der Waals surface area contributed by atoms with Gasteiger partial charge in [-0.15, -0.1) is 0 Å². The highest BCUT2D eigenvalue weighted by molar-refractivity contribution is 5.04. The summed E-state index contributed by atoms with van der Waals surface area (Å²) in [5.74, 6) is 0.00222. The normalized spacial score (nSPS) is 11.5. The molecule has 0 fully saturated rings. The minimum Gasteiger partial charge on any atom is -0.292 e. The van der Waals surface area contributed by atoms with Gasteiger partial charge in [0.1, 0.15) is 5.83 Å². The van der Waals surface area contributed by atoms with Crippen molar-refractivity contribution in [1.29, 1.82) is 0 Å². The summed E-state index contributed by atoms with van der Waals surface area (Å²) in [7, 11) is 0. The smallest absolute Gasteiger partial charge is 0.113 e. The summed E-state index contributed by atoms with van der Waals surface area (Å²) in [5, 5.41) is 0. The third-order valence-electron chi connectivity index (χ3n) is 2.19. The molecule has 0 saturated heterocycles. The van der Waals surface area contributed by atoms with Gasteiger partial charge in [0.15, 0.2) is 0 Å². The summed E-state index contributed by atoms with van der Waals surface area (Å²) in [6, 6.07) is 0.787. The summed E-state index contributed by atoms with van der Waals surface area (Å²) < 4.78 is 13.3. The van der Waals surface area contributed by atoms with Crippen LogP contribution in [0.2, 0.25) is 0 Å². The van der Waals surface area contributed by atoms with Gasteiger partial charge in [0, 0.05) is 12.1 Å². The van der Waals surface area contributed by atoms with Gasteiger partial charge in [0.25, 0.3) is 0 Å². The molecule has 0 rings (SSSR count). The second kappa shape index (κ2) is 5.38. The van der Waals surface area contributed by atoms with Crippen LogP contribution in [-0.2, 0) is 0 Å². The highest BCUT2D eigenvalue weighted by Gasteiger charge is 2.15. The van der Waals surface area contributed by atoms with Crippen LogP contribution in [0.3, 0.4) is 0 Å². The van der Waals surface area contributed by atoms with Crippen LogP contribution in [0, 0.1) is 0 Å². The van der Waals surface area contributed by atoms with E-state index in [4.69, 9.17) is 0 Å². The molecule has 13 heavy (non-hydrogen) atoms. The standard InChI is InChI=1S/C11H22FN/c1-8(2)11(12)7-13(9(3)4)10(5)6/h9-10H,7H2,1-6H3. The second-order valence-corrected chi connectivity index (χ2v) is 4.26. The first-order valence-electron chi connectivity index (χ1n) is 4.93. The Hall–Kier alpha value is -0.370. The van der Waals surface area contributed by atoms with Gasteiger partial charge in [-0.05, 0) is 47.1 Å². The van der Waals surface area contributed by atoms with Crippen LogP contribution >= 0.6 is 0 Å². The molecule has 0 aliphatic rings. The van der Waals surface area contributed by atoms with E-state index in [-0.39, 0.29) is 5.83 Å². The maximum absolute atomic E-state index is 13.3. The Morgan fingerprint density at radius 2 is 1.46 bits per heavy atom. The molecule has 0 aromatic rings. The molecular weight excluding hydrogens is 165 g/mol. The van der Waals surface area contributed by atoms with Gasteiger partial charge in [-0.25, -0.2) is 4.39 Å². The van der Waals surface area contributed by atoms with Crippen molar-refractivity contribution in [2.45, 2.75) is 53.6 Å². The van der Waals surface area contributed by atoms with E-state index < -0.39 is 0 Å². The van der Waals surface area contributed by atoms with Gasteiger partial charge < -0.3 is 0 Å². The SMILES string of the molecule is CC(C)=C(F)CN(C(C)C)C(C)C. The van der Waals surface area contributed by atoms with E-state index in [1.165, 1.54) is 0 Å². The number of hydrogen-bond donors (Lipinski definition) is 0. The fourth-order valence-electron chi connectivity index (χ4n) is 1.28. The monoisotopic (exact) mass is 187 g/mol. The Morgan fingerprint density at radius 1 is 1.08 bits per heavy atom. The third kappa shape index (κ3) is 4.41. The lowest BCUT2D eigenvalue weighted by Crippen LogP contribution is -2.38. The molecule has 0 radical (unpaired) electrons. The first kappa shape index (κ1) is 12.6.